The summed E-state index contributed by atoms with van der Waals surface area (Å²) in [7, 11) is 0. The van der Waals surface area contributed by atoms with Crippen molar-refractivity contribution in [1.29, 1.82) is 0 Å². The fraction of sp³-hybridized carbons (Fsp3) is 0.615. The summed E-state index contributed by atoms with van der Waals surface area (Å²) in [4.78, 5) is 6.73. The molecule has 2 unspecified atom stereocenters. The zero-order valence-electron chi connectivity index (χ0n) is 10.8. The molecule has 1 fully saturated rings. The molecule has 1 aliphatic rings. The van der Waals surface area contributed by atoms with E-state index in [4.69, 9.17) is 21.1 Å². The molecule has 0 radical (unpaired) electrons. The first-order valence-electron chi connectivity index (χ1n) is 6.28. The maximum absolute atomic E-state index is 5.87. The second-order valence-corrected chi connectivity index (χ2v) is 4.69. The van der Waals surface area contributed by atoms with Gasteiger partial charge in [-0.25, -0.2) is 0 Å². The Kier molecular flexibility index (Phi) is 4.66. The Bertz CT molecular complexity index is 389. The van der Waals surface area contributed by atoms with Gasteiger partial charge in [0.15, 0.2) is 0 Å². The zero-order chi connectivity index (χ0) is 13.0. The molecule has 0 aliphatic carbocycles. The van der Waals surface area contributed by atoms with Crippen molar-refractivity contribution in [3.05, 3.63) is 18.2 Å². The van der Waals surface area contributed by atoms with Gasteiger partial charge < -0.3 is 14.4 Å². The Balaban J connectivity index is 2.15. The van der Waals surface area contributed by atoms with Gasteiger partial charge in [-0.1, -0.05) is 6.07 Å². The van der Waals surface area contributed by atoms with Crippen LogP contribution in [0.1, 0.15) is 13.8 Å². The van der Waals surface area contributed by atoms with Crippen molar-refractivity contribution in [3.63, 3.8) is 0 Å². The van der Waals surface area contributed by atoms with Gasteiger partial charge >= 0.3 is 0 Å². The summed E-state index contributed by atoms with van der Waals surface area (Å²) < 4.78 is 11.1. The van der Waals surface area contributed by atoms with Crippen LogP contribution < -0.4 is 9.64 Å². The van der Waals surface area contributed by atoms with Gasteiger partial charge in [-0.3, -0.25) is 0 Å². The number of alkyl halides is 1. The summed E-state index contributed by atoms with van der Waals surface area (Å²) in [5.74, 6) is 2.09. The van der Waals surface area contributed by atoms with Gasteiger partial charge in [-0.2, -0.15) is 4.98 Å². The number of hydrogen-bond donors (Lipinski definition) is 0. The second-order valence-electron chi connectivity index (χ2n) is 4.38. The Hall–Kier alpha value is -1.00. The highest BCUT2D eigenvalue weighted by atomic mass is 35.5. The molecule has 18 heavy (non-hydrogen) atoms. The first kappa shape index (κ1) is 13.4. The lowest BCUT2D eigenvalue weighted by molar-refractivity contribution is 0.0361. The largest absolute Gasteiger partial charge is 0.478 e. The molecule has 0 amide bonds. The first-order chi connectivity index (χ1) is 8.74. The third-order valence-corrected chi connectivity index (χ3v) is 3.32. The molecule has 0 aromatic carbocycles. The van der Waals surface area contributed by atoms with Crippen LogP contribution in [0.4, 0.5) is 5.82 Å². The van der Waals surface area contributed by atoms with E-state index in [1.807, 2.05) is 25.1 Å². The van der Waals surface area contributed by atoms with Crippen molar-refractivity contribution in [3.8, 4) is 5.88 Å². The van der Waals surface area contributed by atoms with E-state index in [1.54, 1.807) is 0 Å². The number of aromatic nitrogens is 1. The summed E-state index contributed by atoms with van der Waals surface area (Å²) in [5.41, 5.74) is 0. The van der Waals surface area contributed by atoms with E-state index >= 15 is 0 Å². The van der Waals surface area contributed by atoms with E-state index < -0.39 is 0 Å². The quantitative estimate of drug-likeness (QED) is 0.787. The molecule has 2 heterocycles. The minimum atomic E-state index is 0.0698. The van der Waals surface area contributed by atoms with Gasteiger partial charge in [0, 0.05) is 12.6 Å². The molecule has 1 aromatic rings. The molecule has 1 aliphatic heterocycles. The van der Waals surface area contributed by atoms with E-state index in [0.717, 1.165) is 12.4 Å². The van der Waals surface area contributed by atoms with Crippen molar-refractivity contribution in [2.24, 2.45) is 0 Å². The summed E-state index contributed by atoms with van der Waals surface area (Å²) in [6.45, 7) is 6.15. The molecule has 2 rings (SSSR count). The first-order valence-corrected chi connectivity index (χ1v) is 6.82. The van der Waals surface area contributed by atoms with Gasteiger partial charge in [0.05, 0.1) is 31.2 Å². The molecule has 1 saturated heterocycles. The maximum Gasteiger partial charge on any atom is 0.215 e. The molecule has 0 N–H and O–H groups in total. The van der Waals surface area contributed by atoms with Gasteiger partial charge in [-0.05, 0) is 19.9 Å². The molecular formula is C13H19ClN2O2. The number of halogens is 1. The van der Waals surface area contributed by atoms with Gasteiger partial charge in [0.2, 0.25) is 5.88 Å². The molecule has 4 nitrogen and oxygen atoms in total. The summed E-state index contributed by atoms with van der Waals surface area (Å²) >= 11 is 5.87. The molecular weight excluding hydrogens is 252 g/mol. The molecule has 1 aromatic heterocycles. The molecule has 100 valence electrons. The van der Waals surface area contributed by atoms with Crippen LogP contribution in [0.5, 0.6) is 5.88 Å². The highest BCUT2D eigenvalue weighted by Gasteiger charge is 2.26. The summed E-state index contributed by atoms with van der Waals surface area (Å²) in [5, 5.41) is 0. The fourth-order valence-corrected chi connectivity index (χ4v) is 2.21. The van der Waals surface area contributed by atoms with Crippen LogP contribution in [0, 0.1) is 0 Å². The van der Waals surface area contributed by atoms with Gasteiger partial charge in [0.25, 0.3) is 0 Å². The number of morpholine rings is 1. The van der Waals surface area contributed by atoms with Crippen LogP contribution in [0.2, 0.25) is 0 Å². The Morgan fingerprint density at radius 2 is 2.39 bits per heavy atom. The molecule has 5 heteroatoms. The Morgan fingerprint density at radius 3 is 3.11 bits per heavy atom. The number of rotatable bonds is 4. The van der Waals surface area contributed by atoms with E-state index in [9.17, 15) is 0 Å². The minimum Gasteiger partial charge on any atom is -0.478 e. The van der Waals surface area contributed by atoms with E-state index in [2.05, 4.69) is 16.8 Å². The van der Waals surface area contributed by atoms with Gasteiger partial charge in [-0.15, -0.1) is 11.6 Å². The van der Waals surface area contributed by atoms with Crippen LogP contribution in [0.25, 0.3) is 0 Å². The van der Waals surface area contributed by atoms with Crippen LogP contribution in [0.15, 0.2) is 18.2 Å². The van der Waals surface area contributed by atoms with Crippen molar-refractivity contribution < 1.29 is 9.47 Å². The number of hydrogen-bond acceptors (Lipinski definition) is 4. The summed E-state index contributed by atoms with van der Waals surface area (Å²) in [6.07, 6.45) is 0.0698. The SMILES string of the molecule is CCOc1cccc(N2CC(CCl)OCC2C)n1. The number of nitrogens with zero attached hydrogens (tertiary/aromatic N) is 2. The van der Waals surface area contributed by atoms with Gasteiger partial charge in [0.1, 0.15) is 5.82 Å². The predicted octanol–water partition coefficient (Wildman–Crippen LogP) is 2.31. The predicted molar refractivity (Wildman–Crippen MR) is 72.7 cm³/mol. The zero-order valence-corrected chi connectivity index (χ0v) is 11.6. The molecule has 2 atom stereocenters. The van der Waals surface area contributed by atoms with Crippen molar-refractivity contribution in [2.45, 2.75) is 26.0 Å². The Labute approximate surface area is 113 Å². The van der Waals surface area contributed by atoms with E-state index in [1.165, 1.54) is 0 Å². The standard InChI is InChI=1S/C13H19ClN2O2/c1-3-17-13-6-4-5-12(15-13)16-8-11(7-14)18-9-10(16)2/h4-6,10-11H,3,7-9H2,1-2H3. The number of pyridine rings is 1. The van der Waals surface area contributed by atoms with Crippen LogP contribution in [0.3, 0.4) is 0 Å². The average molecular weight is 271 g/mol. The second kappa shape index (κ2) is 6.25. The number of ether oxygens (including phenoxy) is 2. The third kappa shape index (κ3) is 3.06. The van der Waals surface area contributed by atoms with Crippen molar-refractivity contribution >= 4 is 17.4 Å². The normalized spacial score (nSPS) is 24.1. The third-order valence-electron chi connectivity index (χ3n) is 2.97. The summed E-state index contributed by atoms with van der Waals surface area (Å²) in [6, 6.07) is 6.13. The van der Waals surface area contributed by atoms with Crippen LogP contribution in [-0.4, -0.2) is 42.8 Å². The highest BCUT2D eigenvalue weighted by Crippen LogP contribution is 2.22. The fourth-order valence-electron chi connectivity index (χ4n) is 2.02. The lowest BCUT2D eigenvalue weighted by atomic mass is 10.2. The molecule has 0 saturated carbocycles. The lowest BCUT2D eigenvalue weighted by Crippen LogP contribution is -2.49. The van der Waals surface area contributed by atoms with E-state index in [0.29, 0.717) is 31.0 Å². The highest BCUT2D eigenvalue weighted by molar-refractivity contribution is 6.18. The van der Waals surface area contributed by atoms with Crippen LogP contribution >= 0.6 is 11.6 Å². The maximum atomic E-state index is 5.87. The van der Waals surface area contributed by atoms with E-state index in [-0.39, 0.29) is 6.10 Å². The minimum absolute atomic E-state index is 0.0698. The monoisotopic (exact) mass is 270 g/mol. The lowest BCUT2D eigenvalue weighted by Gasteiger charge is -2.38. The average Bonchev–Trinajstić information content (AvgIpc) is 2.40. The van der Waals surface area contributed by atoms with Crippen molar-refractivity contribution in [1.82, 2.24) is 4.98 Å². The van der Waals surface area contributed by atoms with Crippen LogP contribution in [-0.2, 0) is 4.74 Å². The molecule has 0 bridgehead atoms. The molecule has 0 spiro atoms. The topological polar surface area (TPSA) is 34.6 Å². The smallest absolute Gasteiger partial charge is 0.215 e. The Morgan fingerprint density at radius 1 is 1.56 bits per heavy atom. The number of anilines is 1. The van der Waals surface area contributed by atoms with Crippen molar-refractivity contribution in [2.75, 3.05) is 30.5 Å².